The van der Waals surface area contributed by atoms with Crippen molar-refractivity contribution < 1.29 is 66.4 Å². The Hall–Kier alpha value is -8.23. The summed E-state index contributed by atoms with van der Waals surface area (Å²) in [5.41, 5.74) is 6.25. The van der Waals surface area contributed by atoms with Crippen molar-refractivity contribution in [2.24, 2.45) is 17.3 Å². The molecule has 4 aromatic carbocycles. The van der Waals surface area contributed by atoms with E-state index in [-0.39, 0.29) is 98.0 Å². The van der Waals surface area contributed by atoms with E-state index in [4.69, 9.17) is 32.8 Å². The van der Waals surface area contributed by atoms with Gasteiger partial charge in [-0.05, 0) is 116 Å². The lowest BCUT2D eigenvalue weighted by Gasteiger charge is -2.44. The number of carbonyl (C=O) groups is 7. The number of ketones is 1. The fourth-order valence-electron chi connectivity index (χ4n) is 11.8. The van der Waals surface area contributed by atoms with Gasteiger partial charge in [0.25, 0.3) is 11.8 Å². The Bertz CT molecular complexity index is 3440. The fourth-order valence-corrected chi connectivity index (χ4v) is 13.0. The zero-order chi connectivity index (χ0) is 65.0. The van der Waals surface area contributed by atoms with Gasteiger partial charge in [0.1, 0.15) is 25.6 Å². The van der Waals surface area contributed by atoms with Crippen molar-refractivity contribution in [2.45, 2.75) is 149 Å². The van der Waals surface area contributed by atoms with Crippen molar-refractivity contribution in [3.05, 3.63) is 143 Å². The summed E-state index contributed by atoms with van der Waals surface area (Å²) in [6.07, 6.45) is 5.96. The SMILES string of the molecule is C=CCOC(=O)C[C@H](C(=O)N[C@@H](C)C(=O)Cc1ccc(COC(=O)N2c3cc(OCCCOc4cc5c(cc4OC)C(=O)N4C=C(c6ccc(C)cc6)C[C@H]4CN5C(=O)OCC=C)c(C)cc3C(=O)N3CC4(CC4)C[C@H]3[C@@H]2O[Si](C)(C)C(C)(C)C)cc1)C(C)C. The van der Waals surface area contributed by atoms with E-state index in [0.29, 0.717) is 76.7 Å². The van der Waals surface area contributed by atoms with Gasteiger partial charge >= 0.3 is 18.2 Å². The average molecular weight is 1250 g/mol. The van der Waals surface area contributed by atoms with Crippen LogP contribution in [0.3, 0.4) is 0 Å². The number of nitrogens with one attached hydrogen (secondary N) is 1. The number of methoxy groups -OCH3 is 1. The Morgan fingerprint density at radius 3 is 2.08 bits per heavy atom. The Morgan fingerprint density at radius 1 is 0.789 bits per heavy atom. The molecule has 1 N–H and O–H groups in total. The summed E-state index contributed by atoms with van der Waals surface area (Å²) in [5, 5.41) is 2.52. The lowest BCUT2D eigenvalue weighted by molar-refractivity contribution is -0.146. The smallest absolute Gasteiger partial charge is 0.416 e. The molecule has 2 fully saturated rings. The molecule has 4 aromatic rings. The number of hydrogen-bond acceptors (Lipinski definition) is 14. The van der Waals surface area contributed by atoms with Gasteiger partial charge in [0, 0.05) is 37.7 Å². The highest BCUT2D eigenvalue weighted by atomic mass is 28.4. The summed E-state index contributed by atoms with van der Waals surface area (Å²) in [7, 11) is -1.19. The minimum atomic E-state index is -2.68. The van der Waals surface area contributed by atoms with Crippen LogP contribution in [0, 0.1) is 31.1 Å². The van der Waals surface area contributed by atoms with Crippen LogP contribution in [0.1, 0.15) is 129 Å². The molecule has 0 bridgehead atoms. The van der Waals surface area contributed by atoms with Crippen LogP contribution in [0.15, 0.2) is 104 Å². The van der Waals surface area contributed by atoms with Gasteiger partial charge in [-0.2, -0.15) is 0 Å². The number of fused-ring (bicyclic) bond motifs is 4. The molecule has 0 aromatic heterocycles. The number of Topliss-reactive ketones (excluding diaryl/α,β-unsaturated/α-hetero) is 1. The van der Waals surface area contributed by atoms with E-state index in [1.54, 1.807) is 60.4 Å². The van der Waals surface area contributed by atoms with Gasteiger partial charge < -0.3 is 48.0 Å². The van der Waals surface area contributed by atoms with Crippen molar-refractivity contribution >= 4 is 66.9 Å². The minimum Gasteiger partial charge on any atom is -0.493 e. The first-order valence-electron chi connectivity index (χ1n) is 31.2. The second-order valence-electron chi connectivity index (χ2n) is 26.4. The second-order valence-corrected chi connectivity index (χ2v) is 31.1. The molecule has 5 atom stereocenters. The van der Waals surface area contributed by atoms with Crippen molar-refractivity contribution in [2.75, 3.05) is 56.4 Å². The maximum absolute atomic E-state index is 15.2. The van der Waals surface area contributed by atoms with Crippen molar-refractivity contribution in [3.8, 4) is 17.2 Å². The predicted octanol–water partition coefficient (Wildman–Crippen LogP) is 12.1. The van der Waals surface area contributed by atoms with E-state index in [2.05, 4.69) is 52.3 Å². The average Bonchev–Trinajstić information content (AvgIpc) is 1.57. The molecular weight excluding hydrogens is 1160 g/mol. The number of esters is 1. The van der Waals surface area contributed by atoms with Crippen LogP contribution >= 0.6 is 0 Å². The molecule has 4 aliphatic heterocycles. The molecule has 5 amide bonds. The zero-order valence-corrected chi connectivity index (χ0v) is 54.9. The molecule has 5 aliphatic rings. The lowest BCUT2D eigenvalue weighted by Crippen LogP contribution is -2.58. The maximum Gasteiger partial charge on any atom is 0.416 e. The van der Waals surface area contributed by atoms with Gasteiger partial charge in [-0.25, -0.2) is 14.5 Å². The van der Waals surface area contributed by atoms with E-state index in [0.717, 1.165) is 29.5 Å². The fraction of sp³-hybridized carbons (Fsp3) is 0.471. The molecule has 0 radical (unpaired) electrons. The number of anilines is 2. The Balaban J connectivity index is 0.923. The highest BCUT2D eigenvalue weighted by Gasteiger charge is 2.60. The number of amides is 5. The Labute approximate surface area is 529 Å². The second kappa shape index (κ2) is 27.5. The number of aryl methyl sites for hydroxylation is 2. The summed E-state index contributed by atoms with van der Waals surface area (Å²) in [4.78, 5) is 104. The molecule has 1 spiro atoms. The summed E-state index contributed by atoms with van der Waals surface area (Å²) >= 11 is 0. The predicted molar refractivity (Wildman–Crippen MR) is 345 cm³/mol. The van der Waals surface area contributed by atoms with E-state index < -0.39 is 56.6 Å². The van der Waals surface area contributed by atoms with Gasteiger partial charge in [0.2, 0.25) is 5.91 Å². The maximum atomic E-state index is 15.2. The van der Waals surface area contributed by atoms with Crippen LogP contribution in [-0.4, -0.2) is 131 Å². The van der Waals surface area contributed by atoms with Crippen molar-refractivity contribution in [3.63, 3.8) is 0 Å². The van der Waals surface area contributed by atoms with Gasteiger partial charge in [0.05, 0.1) is 79.8 Å². The topological polar surface area (TPSA) is 209 Å². The highest BCUT2D eigenvalue weighted by Crippen LogP contribution is 2.58. The number of benzene rings is 4. The molecule has 20 heteroatoms. The summed E-state index contributed by atoms with van der Waals surface area (Å²) < 4.78 is 43.0. The molecule has 19 nitrogen and oxygen atoms in total. The number of hydrogen-bond donors (Lipinski definition) is 1. The van der Waals surface area contributed by atoms with E-state index in [9.17, 15) is 24.0 Å². The molecule has 4 heterocycles. The van der Waals surface area contributed by atoms with Gasteiger partial charge in [0.15, 0.2) is 31.8 Å². The summed E-state index contributed by atoms with van der Waals surface area (Å²) in [6.45, 7) is 28.0. The first-order chi connectivity index (χ1) is 42.7. The van der Waals surface area contributed by atoms with Crippen molar-refractivity contribution in [1.29, 1.82) is 0 Å². The summed E-state index contributed by atoms with van der Waals surface area (Å²) in [5.74, 6) is -1.49. The van der Waals surface area contributed by atoms with Crippen LogP contribution in [0.4, 0.5) is 21.0 Å². The van der Waals surface area contributed by atoms with Crippen LogP contribution in [-0.2, 0) is 46.0 Å². The van der Waals surface area contributed by atoms with Crippen molar-refractivity contribution in [1.82, 2.24) is 15.1 Å². The standard InChI is InChI=1S/C70H87N5O14Si/c1-14-27-86-62(77)35-52(43(3)4)63(78)71-46(7)58(76)32-47-19-21-48(22-20-47)41-88-68(82)75-56-37-59(45(6)31-53(56)65(80)74-42-70(25-26-70)38-57(74)66(75)89-90(12,13)69(8,9)10)84-29-16-30-85-61-36-55-54(34-60(61)83-11)64(79)72-39-50(49-23-17-44(5)18-24-49)33-51(72)40-73(55)67(81)87-28-15-2/h14-15,17-24,31,34,36-37,39,43,46,51-52,57,66H,1-2,16,25-30,32-33,35,38,40-42H2,3-13H3,(H,71,78)/t46-,51-,52-,57-,66-/m0/s1. The van der Waals surface area contributed by atoms with E-state index in [1.165, 1.54) is 29.1 Å². The van der Waals surface area contributed by atoms with Gasteiger partial charge in [-0.3, -0.25) is 28.9 Å². The molecule has 90 heavy (non-hydrogen) atoms. The number of nitrogens with zero attached hydrogens (tertiary/aromatic N) is 4. The monoisotopic (exact) mass is 1250 g/mol. The van der Waals surface area contributed by atoms with Gasteiger partial charge in [-0.1, -0.05) is 114 Å². The Kier molecular flexibility index (Phi) is 20.2. The lowest BCUT2D eigenvalue weighted by atomic mass is 9.91. The molecular formula is C70H87N5O14Si. The summed E-state index contributed by atoms with van der Waals surface area (Å²) in [6, 6.07) is 20.3. The molecule has 9 rings (SSSR count). The van der Waals surface area contributed by atoms with Crippen LogP contribution in [0.2, 0.25) is 18.1 Å². The van der Waals surface area contributed by atoms with Gasteiger partial charge in [-0.15, -0.1) is 0 Å². The highest BCUT2D eigenvalue weighted by molar-refractivity contribution is 6.74. The van der Waals surface area contributed by atoms with Crippen LogP contribution < -0.4 is 29.3 Å². The molecule has 1 aliphatic carbocycles. The quantitative estimate of drug-likeness (QED) is 0.0228. The first kappa shape index (κ1) is 66.2. The van der Waals surface area contributed by atoms with E-state index in [1.807, 2.05) is 63.1 Å². The van der Waals surface area contributed by atoms with E-state index >= 15 is 9.59 Å². The first-order valence-corrected chi connectivity index (χ1v) is 34.1. The number of carbonyl (C=O) groups excluding carboxylic acids is 7. The van der Waals surface area contributed by atoms with Crippen LogP contribution in [0.25, 0.3) is 5.57 Å². The third-order valence-electron chi connectivity index (χ3n) is 18.4. The Morgan fingerprint density at radius 2 is 1.43 bits per heavy atom. The molecule has 0 unspecified atom stereocenters. The molecule has 480 valence electrons. The molecule has 1 saturated heterocycles. The molecule has 1 saturated carbocycles. The third-order valence-corrected chi connectivity index (χ3v) is 22.8. The number of ether oxygens (including phenoxy) is 6. The minimum absolute atomic E-state index is 0.0206. The zero-order valence-electron chi connectivity index (χ0n) is 53.9. The largest absolute Gasteiger partial charge is 0.493 e. The third kappa shape index (κ3) is 14.7. The van der Waals surface area contributed by atoms with Crippen LogP contribution in [0.5, 0.6) is 17.2 Å². The normalized spacial score (nSPS) is 18.8. The number of rotatable bonds is 24.